The molecule has 2 amide bonds. The van der Waals surface area contributed by atoms with Gasteiger partial charge in [-0.25, -0.2) is 0 Å². The molecule has 2 aliphatic rings. The fraction of sp³-hybridized carbons (Fsp3) is 0.667. The third-order valence-electron chi connectivity index (χ3n) is 5.10. The van der Waals surface area contributed by atoms with Crippen LogP contribution in [-0.4, -0.2) is 55.1 Å². The molecule has 2 saturated heterocycles. The topological polar surface area (TPSA) is 70.7 Å². The number of nitrogens with zero attached hydrogens (tertiary/aromatic N) is 1. The Hall–Kier alpha value is -1.44. The quantitative estimate of drug-likeness (QED) is 0.797. The zero-order valence-electron chi connectivity index (χ0n) is 15.1. The van der Waals surface area contributed by atoms with Crippen molar-refractivity contribution in [3.8, 4) is 0 Å². The first kappa shape index (κ1) is 18.4. The molecule has 0 bridgehead atoms. The molecule has 1 aromatic rings. The smallest absolute Gasteiger partial charge is 0.237 e. The van der Waals surface area contributed by atoms with Gasteiger partial charge in [-0.1, -0.05) is 0 Å². The van der Waals surface area contributed by atoms with Crippen LogP contribution >= 0.6 is 11.3 Å². The minimum atomic E-state index is -0.418. The highest BCUT2D eigenvalue weighted by Crippen LogP contribution is 2.29. The Morgan fingerprint density at radius 2 is 2.20 bits per heavy atom. The van der Waals surface area contributed by atoms with Crippen LogP contribution in [0.2, 0.25) is 0 Å². The fourth-order valence-electron chi connectivity index (χ4n) is 3.40. The summed E-state index contributed by atoms with van der Waals surface area (Å²) in [5.74, 6) is 0.0826. The second-order valence-corrected chi connectivity index (χ2v) is 8.33. The normalized spacial score (nSPS) is 25.4. The van der Waals surface area contributed by atoms with Crippen molar-refractivity contribution in [2.75, 3.05) is 26.3 Å². The van der Waals surface area contributed by atoms with Gasteiger partial charge < -0.3 is 15.4 Å². The summed E-state index contributed by atoms with van der Waals surface area (Å²) in [5, 5.41) is 8.15. The van der Waals surface area contributed by atoms with Crippen molar-refractivity contribution in [1.29, 1.82) is 0 Å². The van der Waals surface area contributed by atoms with E-state index in [9.17, 15) is 9.59 Å². The molecule has 2 N–H and O–H groups in total. The number of amides is 2. The van der Waals surface area contributed by atoms with Gasteiger partial charge in [-0.3, -0.25) is 14.5 Å². The van der Waals surface area contributed by atoms with Crippen LogP contribution in [0.5, 0.6) is 0 Å². The lowest BCUT2D eigenvalue weighted by molar-refractivity contribution is -0.158. The molecule has 1 aromatic heterocycles. The number of hydrogen-bond acceptors (Lipinski definition) is 5. The lowest BCUT2D eigenvalue weighted by Gasteiger charge is -2.37. The standard InChI is InChI=1S/C18H27N3O3S/c1-4-19-16(22)14-7-13(20-17(23)18(3)10-24-11-18)8-21(14)9-15-12(2)5-6-25-15/h5-6,13-14H,4,7-11H2,1-3H3,(H,19,22)(H,20,23)/t13-,14+/m1/s1. The lowest BCUT2D eigenvalue weighted by atomic mass is 9.87. The van der Waals surface area contributed by atoms with Crippen LogP contribution in [0.3, 0.4) is 0 Å². The monoisotopic (exact) mass is 365 g/mol. The molecule has 7 heteroatoms. The van der Waals surface area contributed by atoms with E-state index in [2.05, 4.69) is 33.9 Å². The maximum Gasteiger partial charge on any atom is 0.237 e. The van der Waals surface area contributed by atoms with Crippen molar-refractivity contribution in [1.82, 2.24) is 15.5 Å². The van der Waals surface area contributed by atoms with E-state index >= 15 is 0 Å². The first-order valence-electron chi connectivity index (χ1n) is 8.86. The summed E-state index contributed by atoms with van der Waals surface area (Å²) >= 11 is 1.72. The van der Waals surface area contributed by atoms with E-state index in [0.717, 1.165) is 6.54 Å². The van der Waals surface area contributed by atoms with Crippen LogP contribution in [0.15, 0.2) is 11.4 Å². The van der Waals surface area contributed by atoms with Crippen molar-refractivity contribution in [3.05, 3.63) is 21.9 Å². The second kappa shape index (κ2) is 7.43. The summed E-state index contributed by atoms with van der Waals surface area (Å²) in [6.07, 6.45) is 0.652. The molecule has 0 radical (unpaired) electrons. The number of hydrogen-bond donors (Lipinski definition) is 2. The molecule has 0 aromatic carbocycles. The Bertz CT molecular complexity index is 641. The maximum atomic E-state index is 12.5. The molecule has 2 atom stereocenters. The van der Waals surface area contributed by atoms with E-state index in [1.807, 2.05) is 13.8 Å². The molecule has 6 nitrogen and oxygen atoms in total. The number of aryl methyl sites for hydroxylation is 1. The summed E-state index contributed by atoms with van der Waals surface area (Å²) in [7, 11) is 0. The van der Waals surface area contributed by atoms with Gasteiger partial charge in [0.15, 0.2) is 0 Å². The minimum absolute atomic E-state index is 0.00204. The summed E-state index contributed by atoms with van der Waals surface area (Å²) in [6, 6.07) is 1.91. The fourth-order valence-corrected chi connectivity index (χ4v) is 4.33. The predicted molar refractivity (Wildman–Crippen MR) is 97.4 cm³/mol. The van der Waals surface area contributed by atoms with Crippen molar-refractivity contribution in [2.45, 2.75) is 45.8 Å². The van der Waals surface area contributed by atoms with Crippen LogP contribution in [0, 0.1) is 12.3 Å². The zero-order chi connectivity index (χ0) is 18.0. The molecule has 138 valence electrons. The first-order valence-corrected chi connectivity index (χ1v) is 9.74. The van der Waals surface area contributed by atoms with Crippen molar-refractivity contribution in [2.24, 2.45) is 5.41 Å². The maximum absolute atomic E-state index is 12.5. The molecule has 3 rings (SSSR count). The number of carbonyl (C=O) groups is 2. The molecule has 0 aliphatic carbocycles. The Kier molecular flexibility index (Phi) is 5.46. The highest BCUT2D eigenvalue weighted by Gasteiger charge is 2.44. The molecular weight excluding hydrogens is 338 g/mol. The summed E-state index contributed by atoms with van der Waals surface area (Å²) in [5.41, 5.74) is 0.838. The number of carbonyl (C=O) groups excluding carboxylic acids is 2. The number of likely N-dealkylation sites (tertiary alicyclic amines) is 1. The van der Waals surface area contributed by atoms with Crippen LogP contribution in [0.1, 0.15) is 30.7 Å². The first-order chi connectivity index (χ1) is 11.9. The third-order valence-corrected chi connectivity index (χ3v) is 6.10. The Labute approximate surface area is 152 Å². The average Bonchev–Trinajstić information content (AvgIpc) is 3.12. The summed E-state index contributed by atoms with van der Waals surface area (Å²) in [6.45, 7) is 8.96. The van der Waals surface area contributed by atoms with Gasteiger partial charge >= 0.3 is 0 Å². The van der Waals surface area contributed by atoms with Crippen molar-refractivity contribution in [3.63, 3.8) is 0 Å². The van der Waals surface area contributed by atoms with Crippen LogP contribution in [-0.2, 0) is 20.9 Å². The van der Waals surface area contributed by atoms with Gasteiger partial charge in [-0.2, -0.15) is 0 Å². The van der Waals surface area contributed by atoms with Gasteiger partial charge in [0.1, 0.15) is 0 Å². The third kappa shape index (κ3) is 3.88. The molecule has 2 aliphatic heterocycles. The summed E-state index contributed by atoms with van der Waals surface area (Å²) in [4.78, 5) is 28.4. The van der Waals surface area contributed by atoms with Crippen molar-refractivity contribution < 1.29 is 14.3 Å². The van der Waals surface area contributed by atoms with Crippen LogP contribution in [0.4, 0.5) is 0 Å². The van der Waals surface area contributed by atoms with Gasteiger partial charge in [0.25, 0.3) is 0 Å². The Morgan fingerprint density at radius 1 is 1.44 bits per heavy atom. The van der Waals surface area contributed by atoms with Gasteiger partial charge in [0.2, 0.25) is 11.8 Å². The second-order valence-electron chi connectivity index (χ2n) is 7.33. The number of rotatable bonds is 6. The molecule has 0 unspecified atom stereocenters. The van der Waals surface area contributed by atoms with Gasteiger partial charge in [-0.05, 0) is 44.2 Å². The van der Waals surface area contributed by atoms with E-state index < -0.39 is 5.41 Å². The SMILES string of the molecule is CCNC(=O)[C@@H]1C[C@@H](NC(=O)C2(C)COC2)CN1Cc1sccc1C. The van der Waals surface area contributed by atoms with E-state index in [4.69, 9.17) is 4.74 Å². The summed E-state index contributed by atoms with van der Waals surface area (Å²) < 4.78 is 5.19. The molecular formula is C18H27N3O3S. The van der Waals surface area contributed by atoms with Crippen LogP contribution < -0.4 is 10.6 Å². The average molecular weight is 365 g/mol. The predicted octanol–water partition coefficient (Wildman–Crippen LogP) is 1.29. The zero-order valence-corrected chi connectivity index (χ0v) is 15.9. The van der Waals surface area contributed by atoms with Crippen LogP contribution in [0.25, 0.3) is 0 Å². The van der Waals surface area contributed by atoms with Gasteiger partial charge in [0.05, 0.1) is 24.7 Å². The number of thiophene rings is 1. The Balaban J connectivity index is 1.67. The molecule has 0 spiro atoms. The van der Waals surface area contributed by atoms with E-state index in [-0.39, 0.29) is 23.9 Å². The van der Waals surface area contributed by atoms with E-state index in [1.165, 1.54) is 10.4 Å². The number of likely N-dealkylation sites (N-methyl/N-ethyl adjacent to an activating group) is 1. The largest absolute Gasteiger partial charge is 0.379 e. The molecule has 3 heterocycles. The minimum Gasteiger partial charge on any atom is -0.379 e. The Morgan fingerprint density at radius 3 is 2.76 bits per heavy atom. The van der Waals surface area contributed by atoms with E-state index in [0.29, 0.717) is 32.7 Å². The van der Waals surface area contributed by atoms with Gasteiger partial charge in [0, 0.05) is 30.6 Å². The van der Waals surface area contributed by atoms with E-state index in [1.54, 1.807) is 11.3 Å². The highest BCUT2D eigenvalue weighted by molar-refractivity contribution is 7.10. The lowest BCUT2D eigenvalue weighted by Crippen LogP contribution is -2.54. The number of ether oxygens (including phenoxy) is 1. The molecule has 2 fully saturated rings. The van der Waals surface area contributed by atoms with Gasteiger partial charge in [-0.15, -0.1) is 11.3 Å². The molecule has 25 heavy (non-hydrogen) atoms. The highest BCUT2D eigenvalue weighted by atomic mass is 32.1. The van der Waals surface area contributed by atoms with Crippen molar-refractivity contribution >= 4 is 23.2 Å². The number of nitrogens with one attached hydrogen (secondary N) is 2. The molecule has 0 saturated carbocycles.